The molecule has 1 N–H and O–H groups in total. The molecule has 0 aromatic carbocycles. The molecule has 0 aliphatic carbocycles. The highest BCUT2D eigenvalue weighted by molar-refractivity contribution is 7.91. The highest BCUT2D eigenvalue weighted by atomic mass is 32.2. The van der Waals surface area contributed by atoms with Gasteiger partial charge in [0.1, 0.15) is 6.67 Å². The number of aliphatic carboxylic acids is 1. The Bertz CT molecular complexity index is 221. The lowest BCUT2D eigenvalue weighted by Crippen LogP contribution is -2.15. The van der Waals surface area contributed by atoms with Crippen LogP contribution in [-0.2, 0) is 14.6 Å². The summed E-state index contributed by atoms with van der Waals surface area (Å²) in [6.45, 7) is -0.956. The minimum absolute atomic E-state index is 0.456. The first-order valence-corrected chi connectivity index (χ1v) is 4.78. The molecule has 11 heavy (non-hydrogen) atoms. The van der Waals surface area contributed by atoms with Crippen molar-refractivity contribution in [1.82, 2.24) is 0 Å². The fraction of sp³-hybridized carbons (Fsp3) is 0.800. The van der Waals surface area contributed by atoms with E-state index in [0.29, 0.717) is 0 Å². The van der Waals surface area contributed by atoms with Gasteiger partial charge in [-0.05, 0) is 0 Å². The number of hydrogen-bond donors (Lipinski definition) is 1. The average Bonchev–Trinajstić information content (AvgIpc) is 1.84. The third-order valence-corrected chi connectivity index (χ3v) is 2.62. The van der Waals surface area contributed by atoms with Crippen LogP contribution in [-0.4, -0.2) is 37.7 Å². The molecule has 0 unspecified atom stereocenters. The van der Waals surface area contributed by atoms with E-state index in [1.165, 1.54) is 0 Å². The summed E-state index contributed by atoms with van der Waals surface area (Å²) in [5.41, 5.74) is 0. The second kappa shape index (κ2) is 4.27. The maximum Gasteiger partial charge on any atom is 0.304 e. The second-order valence-corrected chi connectivity index (χ2v) is 4.29. The van der Waals surface area contributed by atoms with E-state index in [0.717, 1.165) is 0 Å². The summed E-state index contributed by atoms with van der Waals surface area (Å²) in [6, 6.07) is 0. The lowest BCUT2D eigenvalue weighted by atomic mass is 10.5. The molecule has 0 aliphatic rings. The Morgan fingerprint density at radius 3 is 2.27 bits per heavy atom. The van der Waals surface area contributed by atoms with Crippen LogP contribution in [0.5, 0.6) is 0 Å². The molecule has 0 radical (unpaired) electrons. The van der Waals surface area contributed by atoms with Crippen LogP contribution < -0.4 is 0 Å². The van der Waals surface area contributed by atoms with Crippen molar-refractivity contribution in [2.24, 2.45) is 0 Å². The first-order valence-electron chi connectivity index (χ1n) is 2.96. The summed E-state index contributed by atoms with van der Waals surface area (Å²) in [6.07, 6.45) is -0.456. The highest BCUT2D eigenvalue weighted by Crippen LogP contribution is 1.94. The van der Waals surface area contributed by atoms with E-state index in [1.807, 2.05) is 0 Å². The van der Waals surface area contributed by atoms with Gasteiger partial charge >= 0.3 is 5.97 Å². The van der Waals surface area contributed by atoms with Gasteiger partial charge < -0.3 is 5.11 Å². The van der Waals surface area contributed by atoms with Gasteiger partial charge in [0.25, 0.3) is 0 Å². The zero-order valence-electron chi connectivity index (χ0n) is 5.79. The van der Waals surface area contributed by atoms with Gasteiger partial charge in [-0.15, -0.1) is 0 Å². The summed E-state index contributed by atoms with van der Waals surface area (Å²) < 4.78 is 32.7. The van der Waals surface area contributed by atoms with Crippen LogP contribution in [0.1, 0.15) is 6.42 Å². The van der Waals surface area contributed by atoms with Crippen LogP contribution >= 0.6 is 0 Å². The normalized spacial score (nSPS) is 11.4. The van der Waals surface area contributed by atoms with Gasteiger partial charge in [0.05, 0.1) is 17.9 Å². The topological polar surface area (TPSA) is 71.4 Å². The molecule has 0 saturated carbocycles. The number of alkyl halides is 1. The van der Waals surface area contributed by atoms with E-state index in [-0.39, 0.29) is 0 Å². The Balaban J connectivity index is 3.84. The fourth-order valence-electron chi connectivity index (χ4n) is 0.462. The number of halogens is 1. The minimum Gasteiger partial charge on any atom is -0.481 e. The van der Waals surface area contributed by atoms with Crippen LogP contribution in [0.4, 0.5) is 4.39 Å². The zero-order valence-corrected chi connectivity index (χ0v) is 6.60. The van der Waals surface area contributed by atoms with E-state index in [4.69, 9.17) is 5.11 Å². The van der Waals surface area contributed by atoms with Gasteiger partial charge in [-0.2, -0.15) is 0 Å². The van der Waals surface area contributed by atoms with Crippen LogP contribution in [0.3, 0.4) is 0 Å². The standard InChI is InChI=1S/C5H9FO4S/c6-2-4-11(9,10)3-1-5(7)8/h1-4H2,(H,7,8). The number of carboxylic acid groups (broad SMARTS) is 1. The Labute approximate surface area is 63.9 Å². The van der Waals surface area contributed by atoms with Crippen molar-refractivity contribution in [2.45, 2.75) is 6.42 Å². The fourth-order valence-corrected chi connectivity index (χ4v) is 1.39. The van der Waals surface area contributed by atoms with Crippen molar-refractivity contribution in [2.75, 3.05) is 18.2 Å². The monoisotopic (exact) mass is 184 g/mol. The van der Waals surface area contributed by atoms with Crippen molar-refractivity contribution in [3.8, 4) is 0 Å². The van der Waals surface area contributed by atoms with E-state index in [2.05, 4.69) is 0 Å². The molecule has 0 spiro atoms. The molecule has 0 rings (SSSR count). The summed E-state index contributed by atoms with van der Waals surface area (Å²) in [5, 5.41) is 8.09. The Morgan fingerprint density at radius 2 is 1.91 bits per heavy atom. The molecule has 0 aromatic rings. The van der Waals surface area contributed by atoms with E-state index in [9.17, 15) is 17.6 Å². The van der Waals surface area contributed by atoms with E-state index in [1.54, 1.807) is 0 Å². The molecule has 4 nitrogen and oxygen atoms in total. The Kier molecular flexibility index (Phi) is 4.02. The molecule has 0 fully saturated rings. The maximum absolute atomic E-state index is 11.5. The molecular formula is C5H9FO4S. The number of carbonyl (C=O) groups is 1. The van der Waals surface area contributed by atoms with Gasteiger partial charge in [0.2, 0.25) is 0 Å². The Hall–Kier alpha value is -0.650. The molecule has 0 heterocycles. The van der Waals surface area contributed by atoms with Crippen LogP contribution in [0.2, 0.25) is 0 Å². The Morgan fingerprint density at radius 1 is 1.36 bits per heavy atom. The predicted octanol–water partition coefficient (Wildman–Crippen LogP) is -0.155. The first-order chi connectivity index (χ1) is 4.98. The van der Waals surface area contributed by atoms with Crippen molar-refractivity contribution in [3.63, 3.8) is 0 Å². The molecule has 0 aromatic heterocycles. The van der Waals surface area contributed by atoms with Crippen LogP contribution in [0.15, 0.2) is 0 Å². The average molecular weight is 184 g/mol. The molecule has 0 aliphatic heterocycles. The number of hydrogen-bond acceptors (Lipinski definition) is 3. The van der Waals surface area contributed by atoms with E-state index < -0.39 is 40.4 Å². The van der Waals surface area contributed by atoms with Crippen molar-refractivity contribution in [1.29, 1.82) is 0 Å². The zero-order chi connectivity index (χ0) is 8.91. The van der Waals surface area contributed by atoms with Crippen molar-refractivity contribution in [3.05, 3.63) is 0 Å². The maximum atomic E-state index is 11.5. The van der Waals surface area contributed by atoms with Crippen molar-refractivity contribution >= 4 is 15.8 Å². The molecule has 66 valence electrons. The summed E-state index contributed by atoms with van der Waals surface area (Å²) >= 11 is 0. The summed E-state index contributed by atoms with van der Waals surface area (Å²) in [4.78, 5) is 9.89. The quantitative estimate of drug-likeness (QED) is 0.644. The molecule has 0 bridgehead atoms. The van der Waals surface area contributed by atoms with Gasteiger partial charge in [-0.3, -0.25) is 4.79 Å². The van der Waals surface area contributed by atoms with Gasteiger partial charge in [0.15, 0.2) is 9.84 Å². The second-order valence-electron chi connectivity index (χ2n) is 1.98. The van der Waals surface area contributed by atoms with E-state index >= 15 is 0 Å². The number of sulfone groups is 1. The van der Waals surface area contributed by atoms with Crippen LogP contribution in [0, 0.1) is 0 Å². The van der Waals surface area contributed by atoms with Gasteiger partial charge in [-0.1, -0.05) is 0 Å². The lowest BCUT2D eigenvalue weighted by molar-refractivity contribution is -0.136. The van der Waals surface area contributed by atoms with Crippen molar-refractivity contribution < 1.29 is 22.7 Å². The molecule has 6 heteroatoms. The summed E-state index contributed by atoms with van der Waals surface area (Å²) in [7, 11) is -3.48. The smallest absolute Gasteiger partial charge is 0.304 e. The first kappa shape index (κ1) is 10.3. The summed E-state index contributed by atoms with van der Waals surface area (Å²) in [5.74, 6) is -2.25. The third kappa shape index (κ3) is 5.78. The largest absolute Gasteiger partial charge is 0.481 e. The third-order valence-electron chi connectivity index (χ3n) is 1.02. The van der Waals surface area contributed by atoms with Gasteiger partial charge in [-0.25, -0.2) is 12.8 Å². The molecule has 0 saturated heterocycles. The highest BCUT2D eigenvalue weighted by Gasteiger charge is 2.11. The van der Waals surface area contributed by atoms with Crippen LogP contribution in [0.25, 0.3) is 0 Å². The lowest BCUT2D eigenvalue weighted by Gasteiger charge is -1.96. The minimum atomic E-state index is -3.48. The van der Waals surface area contributed by atoms with Gasteiger partial charge in [0, 0.05) is 0 Å². The SMILES string of the molecule is O=C(O)CCS(=O)(=O)CCF. The molecule has 0 amide bonds. The molecule has 0 atom stereocenters. The predicted molar refractivity (Wildman–Crippen MR) is 36.9 cm³/mol. The number of rotatable bonds is 5. The molecular weight excluding hydrogens is 175 g/mol. The number of carboxylic acids is 1.